The third-order valence-electron chi connectivity index (χ3n) is 11.6. The summed E-state index contributed by atoms with van der Waals surface area (Å²) >= 11 is 6.62. The first-order valence-electron chi connectivity index (χ1n) is 20.0. The molecule has 65 heavy (non-hydrogen) atoms. The first-order valence-corrected chi connectivity index (χ1v) is 23.8. The molecule has 1 amide bonds. The number of nitrogens with zero attached hydrogens (tertiary/aromatic N) is 4. The predicted octanol–water partition coefficient (Wildman–Crippen LogP) is 7.37. The number of carbonyl (C=O) groups excluding carboxylic acids is 1. The van der Waals surface area contributed by atoms with E-state index in [2.05, 4.69) is 37.0 Å². The van der Waals surface area contributed by atoms with Crippen LogP contribution in [-0.4, -0.2) is 84.8 Å². The Kier molecular flexibility index (Phi) is 12.8. The number of sulfone groups is 1. The van der Waals surface area contributed by atoms with Crippen LogP contribution in [0, 0.1) is 35.3 Å². The minimum atomic E-state index is -4.04. The van der Waals surface area contributed by atoms with Crippen molar-refractivity contribution in [2.24, 2.45) is 22.6 Å². The van der Waals surface area contributed by atoms with Crippen molar-refractivity contribution >= 4 is 59.8 Å². The number of aromatic nitrogens is 3. The molecule has 0 saturated heterocycles. The standard InChI is InChI=1S/C42H40ClF8N7O5S2/c1-41(2,64(3,60)61)13-12-23-4-7-25(26-9-11-29(43)34-37(26)58(19-31(46)47)56-40(34)57-65(62,63)24-5-6-24)36(54-23)30(16-20-14-21(44)17-22(45)15-20)55-32(59)18-53-38-33(35(52)39(48)49)27-8-10-28(27)42(38,50)51/h4,7,9,11,14-15,17,24,27-28,30-31,39H,5-6,8,10,16,18-19,52H2,1-3H3,(H,55,59)(H,56,57)/b35-33-,53-38?/t27-,28+,30-/m0/s1. The third-order valence-corrected chi connectivity index (χ3v) is 15.7. The number of rotatable bonds is 14. The summed E-state index contributed by atoms with van der Waals surface area (Å²) in [5.41, 5.74) is 2.32. The Morgan fingerprint density at radius 1 is 1.02 bits per heavy atom. The van der Waals surface area contributed by atoms with E-state index in [4.69, 9.17) is 17.3 Å². The minimum absolute atomic E-state index is 0.00563. The zero-order valence-corrected chi connectivity index (χ0v) is 37.0. The summed E-state index contributed by atoms with van der Waals surface area (Å²) in [6.45, 7) is 0.481. The number of amides is 1. The lowest BCUT2D eigenvalue weighted by atomic mass is 9.73. The topological polar surface area (TPSA) is 178 Å². The number of hydrogen-bond donors (Lipinski definition) is 3. The van der Waals surface area contributed by atoms with Gasteiger partial charge in [0.25, 0.3) is 18.8 Å². The molecule has 0 bridgehead atoms. The fourth-order valence-electron chi connectivity index (χ4n) is 7.81. The SMILES string of the molecule is CC(C)(C#Cc1ccc(-c2ccc(Cl)c3c(NS(=O)(=O)C4CC4)nn(CC(F)F)c23)c([C@H](Cc2cc(F)cc(F)c2)NC(=O)CN=C2/C(=C(\N)C(F)F)[C@H]3CC[C@H]3C2(F)F)n1)S(C)(=O)=O. The number of benzene rings is 2. The van der Waals surface area contributed by atoms with Crippen LogP contribution in [0.5, 0.6) is 0 Å². The number of pyridine rings is 1. The maximum absolute atomic E-state index is 15.6. The van der Waals surface area contributed by atoms with Gasteiger partial charge in [-0.05, 0) is 93.7 Å². The highest BCUT2D eigenvalue weighted by molar-refractivity contribution is 7.93. The van der Waals surface area contributed by atoms with E-state index in [1.54, 1.807) is 0 Å². The number of halogens is 9. The van der Waals surface area contributed by atoms with Crippen molar-refractivity contribution in [3.63, 3.8) is 0 Å². The molecule has 4 N–H and O–H groups in total. The molecule has 0 radical (unpaired) electrons. The Hall–Kier alpha value is -5.27. The maximum atomic E-state index is 15.6. The van der Waals surface area contributed by atoms with E-state index >= 15 is 8.78 Å². The quantitative estimate of drug-likeness (QED) is 0.0867. The van der Waals surface area contributed by atoms with Crippen LogP contribution in [0.4, 0.5) is 40.9 Å². The van der Waals surface area contributed by atoms with Crippen molar-refractivity contribution in [2.45, 2.75) is 87.3 Å². The normalized spacial score (nSPS) is 20.4. The van der Waals surface area contributed by atoms with Crippen molar-refractivity contribution < 1.29 is 56.8 Å². The Morgan fingerprint density at radius 2 is 1.68 bits per heavy atom. The molecule has 3 saturated carbocycles. The van der Waals surface area contributed by atoms with Crippen LogP contribution in [-0.2, 0) is 37.6 Å². The molecule has 0 spiro atoms. The van der Waals surface area contributed by atoms with Crippen molar-refractivity contribution in [1.82, 2.24) is 20.1 Å². The van der Waals surface area contributed by atoms with Gasteiger partial charge in [0.15, 0.2) is 15.7 Å². The highest BCUT2D eigenvalue weighted by Gasteiger charge is 2.62. The van der Waals surface area contributed by atoms with Crippen LogP contribution in [0.1, 0.15) is 62.5 Å². The van der Waals surface area contributed by atoms with Crippen molar-refractivity contribution in [3.05, 3.63) is 87.3 Å². The van der Waals surface area contributed by atoms with Crippen LogP contribution in [0.3, 0.4) is 0 Å². The maximum Gasteiger partial charge on any atom is 0.292 e. The first-order chi connectivity index (χ1) is 30.3. The smallest absolute Gasteiger partial charge is 0.292 e. The zero-order valence-electron chi connectivity index (χ0n) is 34.6. The summed E-state index contributed by atoms with van der Waals surface area (Å²) in [6, 6.07) is 6.25. The molecule has 12 nitrogen and oxygen atoms in total. The van der Waals surface area contributed by atoms with E-state index in [0.29, 0.717) is 18.9 Å². The number of aliphatic imine (C=N–C) groups is 1. The summed E-state index contributed by atoms with van der Waals surface area (Å²) in [5.74, 6) is -4.36. The predicted molar refractivity (Wildman–Crippen MR) is 227 cm³/mol. The summed E-state index contributed by atoms with van der Waals surface area (Å²) in [4.78, 5) is 22.4. The lowest BCUT2D eigenvalue weighted by molar-refractivity contribution is -0.120. The molecule has 348 valence electrons. The van der Waals surface area contributed by atoms with Gasteiger partial charge in [-0.15, -0.1) is 0 Å². The lowest BCUT2D eigenvalue weighted by Crippen LogP contribution is -2.37. The van der Waals surface area contributed by atoms with Gasteiger partial charge < -0.3 is 11.1 Å². The fraction of sp³-hybridized carbons (Fsp3) is 0.429. The second-order valence-electron chi connectivity index (χ2n) is 16.6. The average molecular weight is 974 g/mol. The van der Waals surface area contributed by atoms with E-state index in [9.17, 15) is 48.0 Å². The van der Waals surface area contributed by atoms with Gasteiger partial charge in [-0.25, -0.2) is 48.2 Å². The van der Waals surface area contributed by atoms with Gasteiger partial charge in [0.05, 0.1) is 38.6 Å². The van der Waals surface area contributed by atoms with Gasteiger partial charge in [-0.3, -0.25) is 19.2 Å². The number of alkyl halides is 6. The summed E-state index contributed by atoms with van der Waals surface area (Å²) in [5, 5.41) is 5.75. The number of allylic oxidation sites excluding steroid dienone is 2. The number of carbonyl (C=O) groups is 1. The molecule has 23 heteroatoms. The molecular weight excluding hydrogens is 934 g/mol. The third kappa shape index (κ3) is 9.68. The Morgan fingerprint density at radius 3 is 2.26 bits per heavy atom. The molecule has 3 fully saturated rings. The van der Waals surface area contributed by atoms with Crippen LogP contribution < -0.4 is 15.8 Å². The molecule has 2 heterocycles. The number of anilines is 1. The summed E-state index contributed by atoms with van der Waals surface area (Å²) in [6.07, 6.45) is -5.08. The second-order valence-corrected chi connectivity index (χ2v) is 21.5. The molecule has 3 aliphatic rings. The molecule has 2 aromatic heterocycles. The first kappa shape index (κ1) is 47.7. The Bertz CT molecular complexity index is 2930. The number of nitrogens with two attached hydrogens (primary N) is 1. The summed E-state index contributed by atoms with van der Waals surface area (Å²) in [7, 11) is -7.83. The van der Waals surface area contributed by atoms with E-state index in [1.165, 1.54) is 38.1 Å². The minimum Gasteiger partial charge on any atom is -0.397 e. The van der Waals surface area contributed by atoms with Gasteiger partial charge in [0.1, 0.15) is 40.9 Å². The zero-order chi connectivity index (χ0) is 47.6. The number of fused-ring (bicyclic) bond motifs is 2. The van der Waals surface area contributed by atoms with Gasteiger partial charge in [-0.1, -0.05) is 23.6 Å². The molecule has 3 aliphatic carbocycles. The molecule has 3 atom stereocenters. The van der Waals surface area contributed by atoms with E-state index in [1.807, 2.05) is 0 Å². The van der Waals surface area contributed by atoms with E-state index < -0.39 is 121 Å². The monoisotopic (exact) mass is 973 g/mol. The Balaban J connectivity index is 1.42. The number of nitrogens with one attached hydrogen (secondary N) is 2. The molecule has 0 unspecified atom stereocenters. The lowest BCUT2D eigenvalue weighted by Gasteiger charge is -2.32. The van der Waals surface area contributed by atoms with Crippen LogP contribution in [0.2, 0.25) is 5.02 Å². The van der Waals surface area contributed by atoms with Gasteiger partial charge >= 0.3 is 0 Å². The molecule has 0 aliphatic heterocycles. The van der Waals surface area contributed by atoms with E-state index in [0.717, 1.165) is 23.1 Å². The highest BCUT2D eigenvalue weighted by atomic mass is 35.5. The van der Waals surface area contributed by atoms with Crippen LogP contribution >= 0.6 is 11.6 Å². The molecule has 2 aromatic carbocycles. The summed E-state index contributed by atoms with van der Waals surface area (Å²) < 4.78 is 169. The average Bonchev–Trinajstić information content (AvgIpc) is 3.96. The van der Waals surface area contributed by atoms with Crippen LogP contribution in [0.15, 0.2) is 58.7 Å². The van der Waals surface area contributed by atoms with E-state index in [-0.39, 0.29) is 62.7 Å². The van der Waals surface area contributed by atoms with Crippen molar-refractivity contribution in [1.29, 1.82) is 0 Å². The number of sulfonamides is 1. The van der Waals surface area contributed by atoms with Gasteiger partial charge in [0.2, 0.25) is 15.9 Å². The number of hydrogen-bond acceptors (Lipinski definition) is 9. The van der Waals surface area contributed by atoms with Gasteiger partial charge in [-0.2, -0.15) is 13.9 Å². The van der Waals surface area contributed by atoms with Crippen LogP contribution in [0.25, 0.3) is 22.0 Å². The highest BCUT2D eigenvalue weighted by Crippen LogP contribution is 2.57. The fourth-order valence-corrected chi connectivity index (χ4v) is 9.63. The largest absolute Gasteiger partial charge is 0.397 e. The van der Waals surface area contributed by atoms with Crippen molar-refractivity contribution in [2.75, 3.05) is 17.5 Å². The Labute approximate surface area is 373 Å². The van der Waals surface area contributed by atoms with Gasteiger partial charge in [0, 0.05) is 34.9 Å². The molecule has 7 rings (SSSR count). The second kappa shape index (κ2) is 17.5. The molecular formula is C42H40ClF8N7O5S2. The molecule has 4 aromatic rings. The van der Waals surface area contributed by atoms with Crippen molar-refractivity contribution in [3.8, 4) is 23.0 Å².